The summed E-state index contributed by atoms with van der Waals surface area (Å²) in [6.07, 6.45) is 0. The first-order chi connectivity index (χ1) is 15.8. The van der Waals surface area contributed by atoms with Crippen molar-refractivity contribution in [1.82, 2.24) is 0 Å². The fraction of sp³-hybridized carbons (Fsp3) is 0.182. The van der Waals surface area contributed by atoms with E-state index in [1.54, 1.807) is 20.8 Å². The second-order valence-corrected chi connectivity index (χ2v) is 12.8. The van der Waals surface area contributed by atoms with Gasteiger partial charge in [-0.1, -0.05) is 38.1 Å². The number of benzene rings is 3. The van der Waals surface area contributed by atoms with Crippen molar-refractivity contribution in [1.29, 1.82) is 0 Å². The maximum absolute atomic E-state index is 12.3. The molecule has 3 aromatic carbocycles. The van der Waals surface area contributed by atoms with E-state index in [0.717, 1.165) is 18.2 Å². The van der Waals surface area contributed by atoms with Gasteiger partial charge < -0.3 is 0 Å². The molecule has 0 heterocycles. The Balaban J connectivity index is 2.48. The van der Waals surface area contributed by atoms with E-state index in [0.29, 0.717) is 16.8 Å². The SMILES string of the molecule is C=C(C)C(C)(C)c1c([NH2+]c2cccc(S(=O)(=O)O)c2)cc(S(=O)(=O)O)c2cc(S(=O)(=O)O)ccc12. The minimum atomic E-state index is -4.88. The average Bonchev–Trinajstić information content (AvgIpc) is 2.70. The molecule has 0 aliphatic heterocycles. The number of nitrogens with two attached hydrogens (primary N) is 1. The average molecular weight is 543 g/mol. The van der Waals surface area contributed by atoms with Gasteiger partial charge in [-0.15, -0.1) is 0 Å². The smallest absolute Gasteiger partial charge is 0.282 e. The van der Waals surface area contributed by atoms with Crippen LogP contribution in [0.15, 0.2) is 75.4 Å². The minimum absolute atomic E-state index is 0.143. The van der Waals surface area contributed by atoms with Gasteiger partial charge in [0.2, 0.25) is 0 Å². The first-order valence-electron chi connectivity index (χ1n) is 9.98. The summed E-state index contributed by atoms with van der Waals surface area (Å²) in [5.41, 5.74) is 0.923. The van der Waals surface area contributed by atoms with E-state index in [4.69, 9.17) is 0 Å². The third-order valence-electron chi connectivity index (χ3n) is 5.85. The highest BCUT2D eigenvalue weighted by Gasteiger charge is 2.33. The number of rotatable bonds is 7. The van der Waals surface area contributed by atoms with Gasteiger partial charge in [-0.25, -0.2) is 0 Å². The molecule has 0 unspecified atom stereocenters. The van der Waals surface area contributed by atoms with Crippen LogP contribution in [0.1, 0.15) is 26.3 Å². The van der Waals surface area contributed by atoms with Crippen molar-refractivity contribution >= 4 is 52.5 Å². The topological polar surface area (TPSA) is 180 Å². The zero-order valence-electron chi connectivity index (χ0n) is 18.9. The van der Waals surface area contributed by atoms with Crippen molar-refractivity contribution in [2.45, 2.75) is 40.9 Å². The van der Waals surface area contributed by atoms with Crippen LogP contribution in [0.3, 0.4) is 0 Å². The van der Waals surface area contributed by atoms with Crippen LogP contribution in [0.5, 0.6) is 0 Å². The Morgan fingerprint density at radius 2 is 1.37 bits per heavy atom. The zero-order valence-corrected chi connectivity index (χ0v) is 21.4. The lowest BCUT2D eigenvalue weighted by Gasteiger charge is -2.29. The molecule has 5 N–H and O–H groups in total. The zero-order chi connectivity index (χ0) is 26.6. The lowest BCUT2D eigenvalue weighted by Crippen LogP contribution is -2.72. The second-order valence-electron chi connectivity index (χ2n) is 8.59. The summed E-state index contributed by atoms with van der Waals surface area (Å²) in [5, 5.41) is 1.59. The summed E-state index contributed by atoms with van der Waals surface area (Å²) in [6, 6.07) is 9.80. The van der Waals surface area contributed by atoms with E-state index < -0.39 is 45.6 Å². The van der Waals surface area contributed by atoms with Crippen LogP contribution in [-0.2, 0) is 35.8 Å². The summed E-state index contributed by atoms with van der Waals surface area (Å²) < 4.78 is 99.9. The number of allylic oxidation sites excluding steroid dienone is 1. The molecule has 0 fully saturated rings. The quantitative estimate of drug-likeness (QED) is 0.198. The van der Waals surface area contributed by atoms with E-state index in [1.807, 2.05) is 0 Å². The lowest BCUT2D eigenvalue weighted by atomic mass is 9.76. The molecule has 0 aliphatic rings. The Hall–Kier alpha value is -2.65. The third-order valence-corrected chi connectivity index (χ3v) is 8.44. The van der Waals surface area contributed by atoms with E-state index in [9.17, 15) is 38.9 Å². The van der Waals surface area contributed by atoms with E-state index in [-0.39, 0.29) is 21.4 Å². The van der Waals surface area contributed by atoms with Crippen molar-refractivity contribution < 1.29 is 44.2 Å². The van der Waals surface area contributed by atoms with Crippen molar-refractivity contribution in [3.63, 3.8) is 0 Å². The maximum Gasteiger partial charge on any atom is 0.295 e. The molecule has 0 atom stereocenters. The molecule has 3 aromatic rings. The highest BCUT2D eigenvalue weighted by Crippen LogP contribution is 2.42. The predicted octanol–water partition coefficient (Wildman–Crippen LogP) is 2.96. The molecular formula is C22H24NO9S3+. The molecule has 10 nitrogen and oxygen atoms in total. The first kappa shape index (κ1) is 26.9. The van der Waals surface area contributed by atoms with Crippen LogP contribution in [0.2, 0.25) is 0 Å². The number of hydrogen-bond acceptors (Lipinski definition) is 6. The summed E-state index contributed by atoms with van der Waals surface area (Å²) >= 11 is 0. The van der Waals surface area contributed by atoms with E-state index >= 15 is 0 Å². The van der Waals surface area contributed by atoms with Gasteiger partial charge in [0.25, 0.3) is 30.4 Å². The van der Waals surface area contributed by atoms with E-state index in [1.165, 1.54) is 35.6 Å². The van der Waals surface area contributed by atoms with Crippen LogP contribution < -0.4 is 5.32 Å². The first-order valence-corrected chi connectivity index (χ1v) is 14.3. The molecule has 0 saturated heterocycles. The highest BCUT2D eigenvalue weighted by molar-refractivity contribution is 7.86. The molecule has 0 spiro atoms. The van der Waals surface area contributed by atoms with Crippen molar-refractivity contribution in [3.8, 4) is 0 Å². The van der Waals surface area contributed by atoms with E-state index in [2.05, 4.69) is 6.58 Å². The molecule has 35 heavy (non-hydrogen) atoms. The Labute approximate surface area is 203 Å². The summed E-state index contributed by atoms with van der Waals surface area (Å²) in [5.74, 6) is 0. The molecule has 3 rings (SSSR count). The van der Waals surface area contributed by atoms with Crippen molar-refractivity contribution in [2.75, 3.05) is 0 Å². The van der Waals surface area contributed by atoms with Crippen LogP contribution in [0.25, 0.3) is 10.8 Å². The van der Waals surface area contributed by atoms with Crippen LogP contribution in [0.4, 0.5) is 11.4 Å². The van der Waals surface area contributed by atoms with Gasteiger partial charge in [0.15, 0.2) is 0 Å². The van der Waals surface area contributed by atoms with Crippen molar-refractivity contribution in [3.05, 3.63) is 66.2 Å². The van der Waals surface area contributed by atoms with Gasteiger partial charge >= 0.3 is 0 Å². The molecule has 0 bridgehead atoms. The predicted molar refractivity (Wildman–Crippen MR) is 129 cm³/mol. The highest BCUT2D eigenvalue weighted by atomic mass is 32.2. The molecule has 188 valence electrons. The van der Waals surface area contributed by atoms with Crippen LogP contribution in [-0.4, -0.2) is 38.9 Å². The fourth-order valence-corrected chi connectivity index (χ4v) is 5.50. The van der Waals surface area contributed by atoms with Gasteiger partial charge in [0.1, 0.15) is 16.3 Å². The summed E-state index contributed by atoms with van der Waals surface area (Å²) in [6.45, 7) is 9.36. The minimum Gasteiger partial charge on any atom is -0.282 e. The normalized spacial score (nSPS) is 13.2. The van der Waals surface area contributed by atoms with Gasteiger partial charge in [-0.05, 0) is 36.6 Å². The standard InChI is InChI=1S/C22H23NO9S3/c1-13(2)22(3,4)21-17-9-8-16(34(27,28)29)11-18(17)20(35(30,31)32)12-19(21)23-14-6-5-7-15(10-14)33(24,25)26/h5-12,23H,1H2,2-4H3,(H,24,25,26)(H,27,28,29)(H,30,31,32)/p+1. The van der Waals surface area contributed by atoms with Crippen LogP contribution >= 0.6 is 0 Å². The van der Waals surface area contributed by atoms with Gasteiger partial charge in [-0.3, -0.25) is 19.0 Å². The monoisotopic (exact) mass is 542 g/mol. The summed E-state index contributed by atoms with van der Waals surface area (Å²) in [4.78, 5) is -1.55. The lowest BCUT2D eigenvalue weighted by molar-refractivity contribution is -0.479. The third kappa shape index (κ3) is 5.46. The Morgan fingerprint density at radius 3 is 1.89 bits per heavy atom. The molecular weight excluding hydrogens is 518 g/mol. The largest absolute Gasteiger partial charge is 0.295 e. The number of quaternary nitrogens is 1. The number of hydrogen-bond donors (Lipinski definition) is 4. The fourth-order valence-electron chi connectivity index (χ4n) is 3.73. The van der Waals surface area contributed by atoms with Crippen molar-refractivity contribution in [2.24, 2.45) is 0 Å². The molecule has 0 amide bonds. The molecule has 0 radical (unpaired) electrons. The summed E-state index contributed by atoms with van der Waals surface area (Å²) in [7, 11) is -14.1. The number of fused-ring (bicyclic) bond motifs is 1. The van der Waals surface area contributed by atoms with Gasteiger partial charge in [0, 0.05) is 28.5 Å². The maximum atomic E-state index is 12.3. The Bertz CT molecular complexity index is 1690. The van der Waals surface area contributed by atoms with Crippen LogP contribution in [0, 0.1) is 0 Å². The Morgan fingerprint density at radius 1 is 0.800 bits per heavy atom. The van der Waals surface area contributed by atoms with Gasteiger partial charge in [-0.2, -0.15) is 25.3 Å². The molecule has 0 aromatic heterocycles. The van der Waals surface area contributed by atoms with Gasteiger partial charge in [0.05, 0.1) is 9.79 Å². The molecule has 0 aliphatic carbocycles. The molecule has 0 saturated carbocycles. The second kappa shape index (κ2) is 8.78. The Kier molecular flexibility index (Phi) is 6.76. The molecule has 13 heteroatoms.